The van der Waals surface area contributed by atoms with Gasteiger partial charge in [0, 0.05) is 4.88 Å². The third-order valence-corrected chi connectivity index (χ3v) is 4.09. The van der Waals surface area contributed by atoms with Gasteiger partial charge in [-0.2, -0.15) is 0 Å². The molecule has 0 fully saturated rings. The van der Waals surface area contributed by atoms with Crippen molar-refractivity contribution in [3.05, 3.63) is 57.3 Å². The van der Waals surface area contributed by atoms with E-state index < -0.39 is 0 Å². The number of hydrogen-bond acceptors (Lipinski definition) is 2. The van der Waals surface area contributed by atoms with Gasteiger partial charge in [-0.05, 0) is 48.0 Å². The molecule has 0 saturated heterocycles. The van der Waals surface area contributed by atoms with Gasteiger partial charge in [0.15, 0.2) is 0 Å². The molecule has 2 rings (SSSR count). The van der Waals surface area contributed by atoms with Gasteiger partial charge in [-0.15, -0.1) is 11.3 Å². The SMILES string of the molecule is CCNC(c1ccc(CC)cc1)c1csc(C)c1. The summed E-state index contributed by atoms with van der Waals surface area (Å²) in [6.07, 6.45) is 1.10. The van der Waals surface area contributed by atoms with Crippen LogP contribution in [0.15, 0.2) is 35.7 Å². The fraction of sp³-hybridized carbons (Fsp3) is 0.375. The van der Waals surface area contributed by atoms with Gasteiger partial charge in [-0.25, -0.2) is 0 Å². The van der Waals surface area contributed by atoms with E-state index in [1.54, 1.807) is 0 Å². The molecule has 1 unspecified atom stereocenters. The highest BCUT2D eigenvalue weighted by atomic mass is 32.1. The predicted octanol–water partition coefficient (Wildman–Crippen LogP) is 4.32. The molecular weight excluding hydrogens is 238 g/mol. The predicted molar refractivity (Wildman–Crippen MR) is 80.4 cm³/mol. The molecular formula is C16H21NS. The van der Waals surface area contributed by atoms with Crippen molar-refractivity contribution in [3.8, 4) is 0 Å². The molecule has 1 aromatic heterocycles. The molecule has 1 heterocycles. The first kappa shape index (κ1) is 13.3. The topological polar surface area (TPSA) is 12.0 Å². The van der Waals surface area contributed by atoms with E-state index in [2.05, 4.69) is 61.8 Å². The van der Waals surface area contributed by atoms with Crippen molar-refractivity contribution >= 4 is 11.3 Å². The first-order valence-electron chi connectivity index (χ1n) is 6.61. The van der Waals surface area contributed by atoms with Crippen molar-refractivity contribution in [2.45, 2.75) is 33.2 Å². The molecule has 1 aromatic carbocycles. The summed E-state index contributed by atoms with van der Waals surface area (Å²) in [6.45, 7) is 7.50. The van der Waals surface area contributed by atoms with Crippen LogP contribution in [0.3, 0.4) is 0 Å². The smallest absolute Gasteiger partial charge is 0.0584 e. The van der Waals surface area contributed by atoms with Crippen LogP contribution < -0.4 is 5.32 Å². The highest BCUT2D eigenvalue weighted by Crippen LogP contribution is 2.26. The zero-order valence-electron chi connectivity index (χ0n) is 11.4. The van der Waals surface area contributed by atoms with Crippen LogP contribution in [0.4, 0.5) is 0 Å². The summed E-state index contributed by atoms with van der Waals surface area (Å²) in [7, 11) is 0. The lowest BCUT2D eigenvalue weighted by Crippen LogP contribution is -2.21. The number of benzene rings is 1. The minimum atomic E-state index is 0.325. The van der Waals surface area contributed by atoms with E-state index in [-0.39, 0.29) is 0 Å². The Kier molecular flexibility index (Phi) is 4.56. The molecule has 1 atom stereocenters. The average Bonchev–Trinajstić information content (AvgIpc) is 2.82. The highest BCUT2D eigenvalue weighted by molar-refractivity contribution is 7.10. The summed E-state index contributed by atoms with van der Waals surface area (Å²) in [4.78, 5) is 1.37. The van der Waals surface area contributed by atoms with E-state index >= 15 is 0 Å². The lowest BCUT2D eigenvalue weighted by atomic mass is 9.99. The Hall–Kier alpha value is -1.12. The summed E-state index contributed by atoms with van der Waals surface area (Å²) in [5.74, 6) is 0. The van der Waals surface area contributed by atoms with Crippen LogP contribution in [0.25, 0.3) is 0 Å². The molecule has 1 nitrogen and oxygen atoms in total. The molecule has 2 heteroatoms. The highest BCUT2D eigenvalue weighted by Gasteiger charge is 2.13. The van der Waals surface area contributed by atoms with Crippen LogP contribution in [0.1, 0.15) is 41.5 Å². The molecule has 18 heavy (non-hydrogen) atoms. The molecule has 0 saturated carbocycles. The van der Waals surface area contributed by atoms with E-state index in [9.17, 15) is 0 Å². The minimum Gasteiger partial charge on any atom is -0.307 e. The quantitative estimate of drug-likeness (QED) is 0.843. The molecule has 0 aliphatic heterocycles. The molecule has 2 aromatic rings. The van der Waals surface area contributed by atoms with Gasteiger partial charge in [0.2, 0.25) is 0 Å². The number of hydrogen-bond donors (Lipinski definition) is 1. The van der Waals surface area contributed by atoms with Gasteiger partial charge in [0.05, 0.1) is 6.04 Å². The summed E-state index contributed by atoms with van der Waals surface area (Å²) >= 11 is 1.82. The number of thiophene rings is 1. The van der Waals surface area contributed by atoms with E-state index in [0.29, 0.717) is 6.04 Å². The largest absolute Gasteiger partial charge is 0.307 e. The monoisotopic (exact) mass is 259 g/mol. The molecule has 0 radical (unpaired) electrons. The molecule has 0 amide bonds. The van der Waals surface area contributed by atoms with E-state index in [0.717, 1.165) is 13.0 Å². The van der Waals surface area contributed by atoms with Crippen molar-refractivity contribution in [2.75, 3.05) is 6.54 Å². The van der Waals surface area contributed by atoms with E-state index in [4.69, 9.17) is 0 Å². The Morgan fingerprint density at radius 2 is 1.83 bits per heavy atom. The zero-order valence-corrected chi connectivity index (χ0v) is 12.2. The number of nitrogens with one attached hydrogen (secondary N) is 1. The first-order chi connectivity index (χ1) is 8.74. The van der Waals surface area contributed by atoms with Crippen molar-refractivity contribution in [2.24, 2.45) is 0 Å². The Bertz CT molecular complexity index is 484. The molecule has 96 valence electrons. The summed E-state index contributed by atoms with van der Waals surface area (Å²) < 4.78 is 0. The molecule has 0 bridgehead atoms. The first-order valence-corrected chi connectivity index (χ1v) is 7.49. The maximum Gasteiger partial charge on any atom is 0.0584 e. The fourth-order valence-electron chi connectivity index (χ4n) is 2.19. The number of rotatable bonds is 5. The summed E-state index contributed by atoms with van der Waals surface area (Å²) in [5.41, 5.74) is 4.13. The third kappa shape index (κ3) is 3.01. The molecule has 0 spiro atoms. The van der Waals surface area contributed by atoms with E-state index in [1.165, 1.54) is 21.6 Å². The van der Waals surface area contributed by atoms with Gasteiger partial charge in [-0.1, -0.05) is 38.1 Å². The molecule has 0 aliphatic carbocycles. The normalized spacial score (nSPS) is 12.6. The minimum absolute atomic E-state index is 0.325. The van der Waals surface area contributed by atoms with Crippen LogP contribution >= 0.6 is 11.3 Å². The third-order valence-electron chi connectivity index (χ3n) is 3.21. The standard InChI is InChI=1S/C16H21NS/c1-4-13-6-8-14(9-7-13)16(17-5-2)15-10-12(3)18-11-15/h6-11,16-17H,4-5H2,1-3H3. The van der Waals surface area contributed by atoms with Gasteiger partial charge >= 0.3 is 0 Å². The van der Waals surface area contributed by atoms with Gasteiger partial charge < -0.3 is 5.32 Å². The lowest BCUT2D eigenvalue weighted by Gasteiger charge is -2.17. The van der Waals surface area contributed by atoms with Crippen LogP contribution in [0.2, 0.25) is 0 Å². The zero-order chi connectivity index (χ0) is 13.0. The Morgan fingerprint density at radius 1 is 1.11 bits per heavy atom. The summed E-state index contributed by atoms with van der Waals surface area (Å²) in [6, 6.07) is 11.6. The van der Waals surface area contributed by atoms with Crippen molar-refractivity contribution in [3.63, 3.8) is 0 Å². The average molecular weight is 259 g/mol. The fourth-order valence-corrected chi connectivity index (χ4v) is 2.92. The Balaban J connectivity index is 2.28. The van der Waals surface area contributed by atoms with Crippen molar-refractivity contribution in [1.29, 1.82) is 0 Å². The molecule has 0 aliphatic rings. The van der Waals surface area contributed by atoms with Crippen LogP contribution in [-0.4, -0.2) is 6.54 Å². The van der Waals surface area contributed by atoms with Crippen molar-refractivity contribution in [1.82, 2.24) is 5.32 Å². The Labute approximate surface area is 114 Å². The second kappa shape index (κ2) is 6.17. The second-order valence-corrected chi connectivity index (χ2v) is 5.69. The lowest BCUT2D eigenvalue weighted by molar-refractivity contribution is 0.632. The van der Waals surface area contributed by atoms with Gasteiger partial charge in [-0.3, -0.25) is 0 Å². The van der Waals surface area contributed by atoms with Crippen LogP contribution in [0.5, 0.6) is 0 Å². The summed E-state index contributed by atoms with van der Waals surface area (Å²) in [5, 5.41) is 5.83. The molecule has 1 N–H and O–H groups in total. The van der Waals surface area contributed by atoms with Gasteiger partial charge in [0.25, 0.3) is 0 Å². The van der Waals surface area contributed by atoms with Crippen molar-refractivity contribution < 1.29 is 0 Å². The number of aryl methyl sites for hydroxylation is 2. The van der Waals surface area contributed by atoms with Crippen LogP contribution in [0, 0.1) is 6.92 Å². The van der Waals surface area contributed by atoms with Crippen LogP contribution in [-0.2, 0) is 6.42 Å². The second-order valence-electron chi connectivity index (χ2n) is 4.58. The maximum absolute atomic E-state index is 3.57. The van der Waals surface area contributed by atoms with Gasteiger partial charge in [0.1, 0.15) is 0 Å². The van der Waals surface area contributed by atoms with E-state index in [1.807, 2.05) is 11.3 Å². The maximum atomic E-state index is 3.57. The Morgan fingerprint density at radius 3 is 2.33 bits per heavy atom.